The minimum absolute atomic E-state index is 0.0164. The van der Waals surface area contributed by atoms with Crippen molar-refractivity contribution in [2.45, 2.75) is 0 Å². The van der Waals surface area contributed by atoms with Gasteiger partial charge in [-0.05, 0) is 12.1 Å². The van der Waals surface area contributed by atoms with Gasteiger partial charge in [0.25, 0.3) is 5.91 Å². The molecule has 0 atom stereocenters. The van der Waals surface area contributed by atoms with E-state index in [4.69, 9.17) is 0 Å². The lowest BCUT2D eigenvalue weighted by atomic mass is 10.3. The minimum Gasteiger partial charge on any atom is -0.508 e. The van der Waals surface area contributed by atoms with Gasteiger partial charge < -0.3 is 10.4 Å². The highest BCUT2D eigenvalue weighted by atomic mass is 16.6. The number of rotatable bonds is 3. The van der Waals surface area contributed by atoms with Crippen LogP contribution in [0.2, 0.25) is 0 Å². The van der Waals surface area contributed by atoms with E-state index >= 15 is 0 Å². The van der Waals surface area contributed by atoms with E-state index in [0.717, 1.165) is 10.9 Å². The molecule has 2 aromatic rings. The van der Waals surface area contributed by atoms with Gasteiger partial charge in [-0.2, -0.15) is 5.10 Å². The van der Waals surface area contributed by atoms with Crippen LogP contribution >= 0.6 is 0 Å². The Labute approximate surface area is 107 Å². The van der Waals surface area contributed by atoms with Crippen molar-refractivity contribution in [3.8, 4) is 5.75 Å². The lowest BCUT2D eigenvalue weighted by Crippen LogP contribution is -2.17. The number of nitro groups is 1. The number of hydrogen-bond acceptors (Lipinski definition) is 5. The fourth-order valence-electron chi connectivity index (χ4n) is 1.60. The van der Waals surface area contributed by atoms with Crippen LogP contribution < -0.4 is 5.32 Å². The van der Waals surface area contributed by atoms with Gasteiger partial charge in [0.15, 0.2) is 0 Å². The van der Waals surface area contributed by atoms with E-state index in [1.165, 1.54) is 19.2 Å². The van der Waals surface area contributed by atoms with Gasteiger partial charge in [0, 0.05) is 18.8 Å². The molecule has 2 N–H and O–H groups in total. The Kier molecular flexibility index (Phi) is 3.15. The average Bonchev–Trinajstić information content (AvgIpc) is 2.71. The molecule has 0 aliphatic heterocycles. The number of carbonyl (C=O) groups excluding carboxylic acids is 1. The van der Waals surface area contributed by atoms with Gasteiger partial charge in [-0.15, -0.1) is 0 Å². The van der Waals surface area contributed by atoms with Crippen LogP contribution in [-0.2, 0) is 7.05 Å². The summed E-state index contributed by atoms with van der Waals surface area (Å²) < 4.78 is 1.12. The standard InChI is InChI=1S/C11H10N4O4/c1-14-10(9(6-12-14)15(18)19)11(17)13-7-3-2-4-8(16)5-7/h2-6,16H,1H3,(H,13,17). The van der Waals surface area contributed by atoms with Gasteiger partial charge in [0.1, 0.15) is 11.9 Å². The van der Waals surface area contributed by atoms with E-state index in [9.17, 15) is 20.0 Å². The van der Waals surface area contributed by atoms with E-state index in [1.807, 2.05) is 0 Å². The molecule has 0 saturated carbocycles. The lowest BCUT2D eigenvalue weighted by molar-refractivity contribution is -0.385. The third-order valence-corrected chi connectivity index (χ3v) is 2.44. The van der Waals surface area contributed by atoms with E-state index in [1.54, 1.807) is 12.1 Å². The maximum Gasteiger partial charge on any atom is 0.320 e. The lowest BCUT2D eigenvalue weighted by Gasteiger charge is -2.05. The first-order chi connectivity index (χ1) is 8.99. The molecule has 8 nitrogen and oxygen atoms in total. The first kappa shape index (κ1) is 12.6. The first-order valence-electron chi connectivity index (χ1n) is 5.26. The van der Waals surface area contributed by atoms with Crippen molar-refractivity contribution in [3.05, 3.63) is 46.3 Å². The maximum absolute atomic E-state index is 12.0. The number of carbonyl (C=O) groups is 1. The summed E-state index contributed by atoms with van der Waals surface area (Å²) in [4.78, 5) is 22.1. The molecule has 0 bridgehead atoms. The van der Waals surface area contributed by atoms with Crippen LogP contribution in [0.25, 0.3) is 0 Å². The maximum atomic E-state index is 12.0. The number of benzene rings is 1. The van der Waals surface area contributed by atoms with Crippen LogP contribution in [0.5, 0.6) is 5.75 Å². The van der Waals surface area contributed by atoms with Crippen LogP contribution in [0.4, 0.5) is 11.4 Å². The molecule has 0 radical (unpaired) electrons. The highest BCUT2D eigenvalue weighted by Crippen LogP contribution is 2.20. The molecule has 1 aromatic heterocycles. The van der Waals surface area contributed by atoms with Gasteiger partial charge in [0.05, 0.1) is 4.92 Å². The van der Waals surface area contributed by atoms with Crippen LogP contribution in [0, 0.1) is 10.1 Å². The monoisotopic (exact) mass is 262 g/mol. The molecule has 2 rings (SSSR count). The van der Waals surface area contributed by atoms with Crippen molar-refractivity contribution < 1.29 is 14.8 Å². The molecular formula is C11H10N4O4. The molecule has 0 saturated heterocycles. The number of aryl methyl sites for hydroxylation is 1. The summed E-state index contributed by atoms with van der Waals surface area (Å²) in [6.07, 6.45) is 1.01. The molecule has 1 heterocycles. The summed E-state index contributed by atoms with van der Waals surface area (Å²) in [6, 6.07) is 5.88. The van der Waals surface area contributed by atoms with Gasteiger partial charge in [-0.1, -0.05) is 6.07 Å². The molecule has 19 heavy (non-hydrogen) atoms. The molecule has 0 fully saturated rings. The number of aromatic nitrogens is 2. The summed E-state index contributed by atoms with van der Waals surface area (Å²) in [5, 5.41) is 26.2. The highest BCUT2D eigenvalue weighted by molar-refractivity contribution is 6.05. The second-order valence-corrected chi connectivity index (χ2v) is 3.76. The molecule has 0 aliphatic rings. The topological polar surface area (TPSA) is 110 Å². The number of aromatic hydroxyl groups is 1. The van der Waals surface area contributed by atoms with E-state index in [2.05, 4.69) is 10.4 Å². The van der Waals surface area contributed by atoms with Crippen molar-refractivity contribution in [1.29, 1.82) is 0 Å². The van der Waals surface area contributed by atoms with Gasteiger partial charge in [0.2, 0.25) is 5.69 Å². The van der Waals surface area contributed by atoms with Gasteiger partial charge in [-0.25, -0.2) is 0 Å². The quantitative estimate of drug-likeness (QED) is 0.639. The number of phenolic OH excluding ortho intramolecular Hbond substituents is 1. The van der Waals surface area contributed by atoms with Crippen molar-refractivity contribution in [3.63, 3.8) is 0 Å². The molecule has 98 valence electrons. The Bertz CT molecular complexity index is 650. The second-order valence-electron chi connectivity index (χ2n) is 3.76. The number of amides is 1. The Morgan fingerprint density at radius 3 is 2.89 bits per heavy atom. The minimum atomic E-state index is -0.676. The predicted octanol–water partition coefficient (Wildman–Crippen LogP) is 1.29. The van der Waals surface area contributed by atoms with Crippen molar-refractivity contribution >= 4 is 17.3 Å². The number of nitrogens with one attached hydrogen (secondary N) is 1. The van der Waals surface area contributed by atoms with Crippen LogP contribution in [-0.4, -0.2) is 25.7 Å². The molecular weight excluding hydrogens is 252 g/mol. The molecule has 1 amide bonds. The Morgan fingerprint density at radius 2 is 2.26 bits per heavy atom. The largest absolute Gasteiger partial charge is 0.508 e. The Morgan fingerprint density at radius 1 is 1.53 bits per heavy atom. The summed E-state index contributed by atoms with van der Waals surface area (Å²) in [7, 11) is 1.43. The third kappa shape index (κ3) is 2.51. The Hall–Kier alpha value is -2.90. The normalized spacial score (nSPS) is 10.2. The zero-order chi connectivity index (χ0) is 14.0. The molecule has 8 heteroatoms. The smallest absolute Gasteiger partial charge is 0.320 e. The first-order valence-corrected chi connectivity index (χ1v) is 5.26. The number of hydrogen-bond donors (Lipinski definition) is 2. The van der Waals surface area contributed by atoms with E-state index in [0.29, 0.717) is 5.69 Å². The molecule has 0 unspecified atom stereocenters. The molecule has 0 spiro atoms. The highest BCUT2D eigenvalue weighted by Gasteiger charge is 2.25. The predicted molar refractivity (Wildman–Crippen MR) is 65.9 cm³/mol. The van der Waals surface area contributed by atoms with Crippen molar-refractivity contribution in [2.24, 2.45) is 7.05 Å². The molecule has 0 aliphatic carbocycles. The van der Waals surface area contributed by atoms with Crippen LogP contribution in [0.3, 0.4) is 0 Å². The van der Waals surface area contributed by atoms with Gasteiger partial charge in [-0.3, -0.25) is 19.6 Å². The fourth-order valence-corrected chi connectivity index (χ4v) is 1.60. The second kappa shape index (κ2) is 4.77. The summed E-state index contributed by atoms with van der Waals surface area (Å²) in [6.45, 7) is 0. The van der Waals surface area contributed by atoms with Crippen LogP contribution in [0.15, 0.2) is 30.5 Å². The van der Waals surface area contributed by atoms with Crippen LogP contribution in [0.1, 0.15) is 10.5 Å². The third-order valence-electron chi connectivity index (χ3n) is 2.44. The summed E-state index contributed by atoms with van der Waals surface area (Å²) in [5.41, 5.74) is -0.200. The zero-order valence-corrected chi connectivity index (χ0v) is 9.90. The van der Waals surface area contributed by atoms with Gasteiger partial charge >= 0.3 is 5.69 Å². The Balaban J connectivity index is 2.30. The number of phenols is 1. The zero-order valence-electron chi connectivity index (χ0n) is 9.90. The summed E-state index contributed by atoms with van der Waals surface area (Å²) >= 11 is 0. The number of nitrogens with zero attached hydrogens (tertiary/aromatic N) is 3. The number of anilines is 1. The van der Waals surface area contributed by atoms with E-state index < -0.39 is 10.8 Å². The van der Waals surface area contributed by atoms with Crippen molar-refractivity contribution in [1.82, 2.24) is 9.78 Å². The fraction of sp³-hybridized carbons (Fsp3) is 0.0909. The molecule has 1 aromatic carbocycles. The average molecular weight is 262 g/mol. The summed E-state index contributed by atoms with van der Waals surface area (Å²) in [5.74, 6) is -0.686. The van der Waals surface area contributed by atoms with Crippen molar-refractivity contribution in [2.75, 3.05) is 5.32 Å². The SMILES string of the molecule is Cn1ncc([N+](=O)[O-])c1C(=O)Nc1cccc(O)c1. The van der Waals surface area contributed by atoms with E-state index in [-0.39, 0.29) is 17.1 Å².